The molecule has 1 aliphatic heterocycles. The van der Waals surface area contributed by atoms with Crippen LogP contribution < -0.4 is 4.90 Å². The van der Waals surface area contributed by atoms with Gasteiger partial charge in [-0.05, 0) is 31.2 Å². The number of nitrogens with zero attached hydrogens (tertiary/aromatic N) is 2. The third-order valence-electron chi connectivity index (χ3n) is 3.26. The Labute approximate surface area is 101 Å². The smallest absolute Gasteiger partial charge is 0.146 e. The molecule has 2 rings (SSSR count). The number of rotatable bonds is 3. The van der Waals surface area contributed by atoms with Crippen molar-refractivity contribution < 1.29 is 9.50 Å². The summed E-state index contributed by atoms with van der Waals surface area (Å²) in [4.78, 5) is 4.33. The highest BCUT2D eigenvalue weighted by molar-refractivity contribution is 5.49. The van der Waals surface area contributed by atoms with Crippen molar-refractivity contribution in [2.45, 2.75) is 6.42 Å². The van der Waals surface area contributed by atoms with E-state index in [1.54, 1.807) is 0 Å². The first-order chi connectivity index (χ1) is 8.20. The van der Waals surface area contributed by atoms with Crippen LogP contribution in [0.15, 0.2) is 18.2 Å². The Hall–Kier alpha value is -1.13. The molecule has 1 aromatic carbocycles. The van der Waals surface area contributed by atoms with Gasteiger partial charge in [-0.2, -0.15) is 0 Å². The highest BCUT2D eigenvalue weighted by Crippen LogP contribution is 2.21. The lowest BCUT2D eigenvalue weighted by atomic mass is 10.1. The summed E-state index contributed by atoms with van der Waals surface area (Å²) in [7, 11) is 2.08. The summed E-state index contributed by atoms with van der Waals surface area (Å²) in [6.45, 7) is 3.74. The third kappa shape index (κ3) is 2.96. The lowest BCUT2D eigenvalue weighted by Gasteiger charge is -2.34. The predicted octanol–water partition coefficient (Wildman–Crippen LogP) is 1.11. The zero-order valence-electron chi connectivity index (χ0n) is 10.2. The van der Waals surface area contributed by atoms with Crippen molar-refractivity contribution in [2.75, 3.05) is 44.7 Å². The number of aliphatic hydroxyl groups is 1. The minimum absolute atomic E-state index is 0.0628. The van der Waals surface area contributed by atoms with Crippen molar-refractivity contribution in [2.24, 2.45) is 0 Å². The first kappa shape index (κ1) is 12.3. The monoisotopic (exact) mass is 238 g/mol. The summed E-state index contributed by atoms with van der Waals surface area (Å²) in [5.41, 5.74) is 1.53. The first-order valence-corrected chi connectivity index (χ1v) is 6.03. The van der Waals surface area contributed by atoms with E-state index in [2.05, 4.69) is 16.8 Å². The van der Waals surface area contributed by atoms with Gasteiger partial charge < -0.3 is 14.9 Å². The summed E-state index contributed by atoms with van der Waals surface area (Å²) < 4.78 is 13.9. The molecule has 17 heavy (non-hydrogen) atoms. The van der Waals surface area contributed by atoms with E-state index < -0.39 is 0 Å². The van der Waals surface area contributed by atoms with Gasteiger partial charge in [0.25, 0.3) is 0 Å². The Kier molecular flexibility index (Phi) is 3.97. The average Bonchev–Trinajstić information content (AvgIpc) is 2.31. The molecule has 0 bridgehead atoms. The molecule has 3 nitrogen and oxygen atoms in total. The van der Waals surface area contributed by atoms with Crippen LogP contribution in [0.4, 0.5) is 10.1 Å². The molecular weight excluding hydrogens is 219 g/mol. The quantitative estimate of drug-likeness (QED) is 0.854. The summed E-state index contributed by atoms with van der Waals surface area (Å²) in [5.74, 6) is -0.180. The standard InChI is InChI=1S/C13H19FN2O/c1-15-5-7-16(8-6-15)13-3-2-11(4-9-17)10-12(13)14/h2-3,10,17H,4-9H2,1H3. The van der Waals surface area contributed by atoms with Crippen molar-refractivity contribution in [3.63, 3.8) is 0 Å². The lowest BCUT2D eigenvalue weighted by molar-refractivity contribution is 0.299. The molecule has 1 aromatic rings. The largest absolute Gasteiger partial charge is 0.396 e. The van der Waals surface area contributed by atoms with E-state index in [1.165, 1.54) is 6.07 Å². The Morgan fingerprint density at radius 1 is 1.24 bits per heavy atom. The van der Waals surface area contributed by atoms with Crippen LogP contribution >= 0.6 is 0 Å². The highest BCUT2D eigenvalue weighted by atomic mass is 19.1. The van der Waals surface area contributed by atoms with E-state index in [4.69, 9.17) is 5.11 Å². The van der Waals surface area contributed by atoms with Crippen LogP contribution in [0.2, 0.25) is 0 Å². The number of likely N-dealkylation sites (N-methyl/N-ethyl adjacent to an activating group) is 1. The number of aliphatic hydroxyl groups excluding tert-OH is 1. The van der Waals surface area contributed by atoms with Crippen molar-refractivity contribution in [1.82, 2.24) is 4.90 Å². The summed E-state index contributed by atoms with van der Waals surface area (Å²) >= 11 is 0. The molecule has 0 aromatic heterocycles. The van der Waals surface area contributed by atoms with Gasteiger partial charge in [0.2, 0.25) is 0 Å². The number of piperazine rings is 1. The van der Waals surface area contributed by atoms with Gasteiger partial charge in [0, 0.05) is 32.8 Å². The van der Waals surface area contributed by atoms with Crippen molar-refractivity contribution in [3.8, 4) is 0 Å². The molecule has 0 unspecified atom stereocenters. The molecule has 0 amide bonds. The van der Waals surface area contributed by atoms with E-state index in [0.717, 1.165) is 31.7 Å². The molecule has 1 heterocycles. The minimum Gasteiger partial charge on any atom is -0.396 e. The molecule has 0 aliphatic carbocycles. The van der Waals surface area contributed by atoms with Crippen molar-refractivity contribution in [1.29, 1.82) is 0 Å². The predicted molar refractivity (Wildman–Crippen MR) is 66.9 cm³/mol. The van der Waals surface area contributed by atoms with Crippen LogP contribution in [0, 0.1) is 5.82 Å². The molecule has 1 fully saturated rings. The third-order valence-corrected chi connectivity index (χ3v) is 3.26. The zero-order valence-corrected chi connectivity index (χ0v) is 10.2. The fraction of sp³-hybridized carbons (Fsp3) is 0.538. The maximum absolute atomic E-state index is 13.9. The van der Waals surface area contributed by atoms with Gasteiger partial charge >= 0.3 is 0 Å². The number of anilines is 1. The van der Waals surface area contributed by atoms with Crippen LogP contribution in [0.1, 0.15) is 5.56 Å². The molecule has 94 valence electrons. The van der Waals surface area contributed by atoms with Crippen molar-refractivity contribution >= 4 is 5.69 Å². The molecule has 0 spiro atoms. The normalized spacial score (nSPS) is 17.5. The zero-order chi connectivity index (χ0) is 12.3. The average molecular weight is 238 g/mol. The molecule has 1 saturated heterocycles. The second kappa shape index (κ2) is 5.47. The molecular formula is C13H19FN2O. The molecule has 0 radical (unpaired) electrons. The van der Waals surface area contributed by atoms with Gasteiger partial charge in [-0.25, -0.2) is 4.39 Å². The van der Waals surface area contributed by atoms with Crippen molar-refractivity contribution in [3.05, 3.63) is 29.6 Å². The number of hydrogen-bond donors (Lipinski definition) is 1. The Bertz CT molecular complexity index is 376. The van der Waals surface area contributed by atoms with Crippen LogP contribution in [-0.2, 0) is 6.42 Å². The Morgan fingerprint density at radius 3 is 2.53 bits per heavy atom. The first-order valence-electron chi connectivity index (χ1n) is 6.03. The maximum atomic E-state index is 13.9. The maximum Gasteiger partial charge on any atom is 0.146 e. The SMILES string of the molecule is CN1CCN(c2ccc(CCO)cc2F)CC1. The molecule has 0 atom stereocenters. The summed E-state index contributed by atoms with van der Waals surface area (Å²) in [5, 5.41) is 8.82. The van der Waals surface area contributed by atoms with E-state index in [1.807, 2.05) is 12.1 Å². The Balaban J connectivity index is 2.10. The van der Waals surface area contributed by atoms with Gasteiger partial charge in [-0.15, -0.1) is 0 Å². The molecule has 0 saturated carbocycles. The van der Waals surface area contributed by atoms with Gasteiger partial charge in [-0.3, -0.25) is 0 Å². The fourth-order valence-corrected chi connectivity index (χ4v) is 2.14. The summed E-state index contributed by atoms with van der Waals surface area (Å²) in [6, 6.07) is 5.25. The second-order valence-corrected chi connectivity index (χ2v) is 4.55. The topological polar surface area (TPSA) is 26.7 Å². The molecule has 4 heteroatoms. The molecule has 1 N–H and O–H groups in total. The van der Waals surface area contributed by atoms with E-state index in [0.29, 0.717) is 12.1 Å². The van der Waals surface area contributed by atoms with E-state index >= 15 is 0 Å². The number of halogens is 1. The van der Waals surface area contributed by atoms with E-state index in [9.17, 15) is 4.39 Å². The van der Waals surface area contributed by atoms with Crippen LogP contribution in [-0.4, -0.2) is 49.8 Å². The second-order valence-electron chi connectivity index (χ2n) is 4.55. The number of hydrogen-bond acceptors (Lipinski definition) is 3. The van der Waals surface area contributed by atoms with Crippen LogP contribution in [0.25, 0.3) is 0 Å². The minimum atomic E-state index is -0.180. The molecule has 1 aliphatic rings. The van der Waals surface area contributed by atoms with Crippen LogP contribution in [0.3, 0.4) is 0 Å². The lowest BCUT2D eigenvalue weighted by Crippen LogP contribution is -2.44. The van der Waals surface area contributed by atoms with Gasteiger partial charge in [-0.1, -0.05) is 6.07 Å². The van der Waals surface area contributed by atoms with Gasteiger partial charge in [0.1, 0.15) is 5.82 Å². The van der Waals surface area contributed by atoms with Crippen LogP contribution in [0.5, 0.6) is 0 Å². The van der Waals surface area contributed by atoms with E-state index in [-0.39, 0.29) is 12.4 Å². The fourth-order valence-electron chi connectivity index (χ4n) is 2.14. The Morgan fingerprint density at radius 2 is 1.94 bits per heavy atom. The van der Waals surface area contributed by atoms with Gasteiger partial charge in [0.05, 0.1) is 5.69 Å². The summed E-state index contributed by atoms with van der Waals surface area (Å²) in [6.07, 6.45) is 0.514. The highest BCUT2D eigenvalue weighted by Gasteiger charge is 2.17. The van der Waals surface area contributed by atoms with Gasteiger partial charge in [0.15, 0.2) is 0 Å². The number of benzene rings is 1.